The Morgan fingerprint density at radius 3 is 2.63 bits per heavy atom. The van der Waals surface area contributed by atoms with Gasteiger partial charge in [0.2, 0.25) is 5.91 Å². The van der Waals surface area contributed by atoms with Gasteiger partial charge in [0.1, 0.15) is 0 Å². The first kappa shape index (κ1) is 18.1. The Hall–Kier alpha value is -3.74. The van der Waals surface area contributed by atoms with Crippen molar-refractivity contribution in [2.75, 3.05) is 0 Å². The van der Waals surface area contributed by atoms with E-state index in [1.54, 1.807) is 12.2 Å². The number of benzene rings is 2. The van der Waals surface area contributed by atoms with Crippen molar-refractivity contribution in [3.8, 4) is 5.75 Å². The second-order valence-corrected chi connectivity index (χ2v) is 5.92. The van der Waals surface area contributed by atoms with Crippen molar-refractivity contribution in [3.63, 3.8) is 0 Å². The maximum atomic E-state index is 12.9. The van der Waals surface area contributed by atoms with Gasteiger partial charge in [-0.3, -0.25) is 19.9 Å². The van der Waals surface area contributed by atoms with Crippen molar-refractivity contribution in [2.45, 2.75) is 13.0 Å². The number of fused-ring (bicyclic) bond motifs is 1. The molecule has 0 aliphatic carbocycles. The molecule has 3 rings (SSSR count). The van der Waals surface area contributed by atoms with Gasteiger partial charge in [-0.2, -0.15) is 0 Å². The van der Waals surface area contributed by atoms with E-state index >= 15 is 0 Å². The fourth-order valence-corrected chi connectivity index (χ4v) is 2.82. The van der Waals surface area contributed by atoms with Crippen LogP contribution >= 0.6 is 0 Å². The highest BCUT2D eigenvalue weighted by atomic mass is 16.6. The number of carbonyl (C=O) groups excluding carboxylic acids is 1. The molecular formula is C20H16N3O4-. The molecule has 0 saturated heterocycles. The molecule has 3 aromatic rings. The molecule has 1 N–H and O–H groups in total. The average molecular weight is 362 g/mol. The van der Waals surface area contributed by atoms with Crippen molar-refractivity contribution in [3.05, 3.63) is 82.0 Å². The molecule has 1 aromatic heterocycles. The van der Waals surface area contributed by atoms with Crippen molar-refractivity contribution in [1.82, 2.24) is 10.3 Å². The number of pyridine rings is 1. The minimum absolute atomic E-state index is 0.00478. The van der Waals surface area contributed by atoms with E-state index in [1.807, 2.05) is 30.3 Å². The van der Waals surface area contributed by atoms with E-state index in [4.69, 9.17) is 0 Å². The molecule has 1 heterocycles. The molecule has 0 aliphatic heterocycles. The number of aromatic nitrogens is 1. The predicted molar refractivity (Wildman–Crippen MR) is 99.9 cm³/mol. The van der Waals surface area contributed by atoms with Gasteiger partial charge >= 0.3 is 0 Å². The minimum Gasteiger partial charge on any atom is -0.871 e. The van der Waals surface area contributed by atoms with Gasteiger partial charge < -0.3 is 10.4 Å². The second-order valence-electron chi connectivity index (χ2n) is 5.92. The second kappa shape index (κ2) is 7.65. The molecule has 7 nitrogen and oxygen atoms in total. The zero-order chi connectivity index (χ0) is 19.4. The molecule has 7 heteroatoms. The summed E-state index contributed by atoms with van der Waals surface area (Å²) in [5.41, 5.74) is 0.741. The molecule has 0 unspecified atom stereocenters. The van der Waals surface area contributed by atoms with Crippen LogP contribution in [0.4, 0.5) is 5.69 Å². The highest BCUT2D eigenvalue weighted by Crippen LogP contribution is 2.36. The predicted octanol–water partition coefficient (Wildman–Crippen LogP) is 3.11. The van der Waals surface area contributed by atoms with Crippen LogP contribution in [0.3, 0.4) is 0 Å². The summed E-state index contributed by atoms with van der Waals surface area (Å²) in [4.78, 5) is 26.6. The van der Waals surface area contributed by atoms with Gasteiger partial charge in [0.15, 0.2) is 0 Å². The Labute approximate surface area is 155 Å². The monoisotopic (exact) mass is 362 g/mol. The SMILES string of the molecule is CC(=O)N[C@@H](C=Cc1ccccc1)c1cc([N+](=O)[O-])c2cccnc2c1[O-]. The van der Waals surface area contributed by atoms with Crippen LogP contribution in [0.25, 0.3) is 17.0 Å². The minimum atomic E-state index is -0.819. The van der Waals surface area contributed by atoms with Crippen LogP contribution in [0.5, 0.6) is 5.75 Å². The molecule has 0 spiro atoms. The highest BCUT2D eigenvalue weighted by Gasteiger charge is 2.20. The zero-order valence-electron chi connectivity index (χ0n) is 14.5. The zero-order valence-corrected chi connectivity index (χ0v) is 14.5. The Kier molecular flexibility index (Phi) is 5.12. The summed E-state index contributed by atoms with van der Waals surface area (Å²) in [7, 11) is 0. The summed E-state index contributed by atoms with van der Waals surface area (Å²) in [6, 6.07) is 12.7. The number of nitro groups is 1. The van der Waals surface area contributed by atoms with Gasteiger partial charge in [0.25, 0.3) is 5.69 Å². The van der Waals surface area contributed by atoms with Gasteiger partial charge in [-0.15, -0.1) is 0 Å². The first-order valence-corrected chi connectivity index (χ1v) is 8.20. The number of nitrogens with zero attached hydrogens (tertiary/aromatic N) is 2. The molecule has 0 radical (unpaired) electrons. The summed E-state index contributed by atoms with van der Waals surface area (Å²) >= 11 is 0. The van der Waals surface area contributed by atoms with Gasteiger partial charge in [0.05, 0.1) is 21.9 Å². The number of hydrogen-bond donors (Lipinski definition) is 1. The standard InChI is InChI=1S/C20H17N3O4/c1-13(24)22-17(10-9-14-6-3-2-4-7-14)16-12-18(23(26)27)15-8-5-11-21-19(15)20(16)25/h2-12,17,25H,1H3,(H,22,24)/p-1/t17-/m0/s1. The number of amides is 1. The fourth-order valence-electron chi connectivity index (χ4n) is 2.82. The lowest BCUT2D eigenvalue weighted by Gasteiger charge is -2.22. The molecule has 1 atom stereocenters. The molecule has 136 valence electrons. The average Bonchev–Trinajstić information content (AvgIpc) is 2.66. The Morgan fingerprint density at radius 1 is 1.22 bits per heavy atom. The van der Waals surface area contributed by atoms with Crippen molar-refractivity contribution >= 4 is 28.6 Å². The van der Waals surface area contributed by atoms with Gasteiger partial charge in [-0.05, 0) is 23.3 Å². The van der Waals surface area contributed by atoms with Crippen LogP contribution in [0.2, 0.25) is 0 Å². The number of nitrogens with one attached hydrogen (secondary N) is 1. The molecule has 0 saturated carbocycles. The topological polar surface area (TPSA) is 108 Å². The van der Waals surface area contributed by atoms with E-state index < -0.39 is 16.7 Å². The smallest absolute Gasteiger partial charge is 0.279 e. The largest absolute Gasteiger partial charge is 0.871 e. The molecular weight excluding hydrogens is 346 g/mol. The Bertz CT molecular complexity index is 1030. The molecule has 0 fully saturated rings. The van der Waals surface area contributed by atoms with E-state index in [9.17, 15) is 20.0 Å². The number of nitro benzene ring substituents is 1. The van der Waals surface area contributed by atoms with Crippen molar-refractivity contribution < 1.29 is 14.8 Å². The third kappa shape index (κ3) is 3.92. The number of carbonyl (C=O) groups is 1. The number of hydrogen-bond acceptors (Lipinski definition) is 5. The summed E-state index contributed by atoms with van der Waals surface area (Å²) < 4.78 is 0. The lowest BCUT2D eigenvalue weighted by Crippen LogP contribution is -2.25. The van der Waals surface area contributed by atoms with Gasteiger partial charge in [0, 0.05) is 19.2 Å². The third-order valence-electron chi connectivity index (χ3n) is 4.02. The quantitative estimate of drug-likeness (QED) is 0.554. The van der Waals surface area contributed by atoms with Crippen LogP contribution in [-0.2, 0) is 4.79 Å². The lowest BCUT2D eigenvalue weighted by molar-refractivity contribution is -0.383. The van der Waals surface area contributed by atoms with E-state index in [1.165, 1.54) is 31.3 Å². The van der Waals surface area contributed by atoms with Crippen LogP contribution < -0.4 is 10.4 Å². The number of rotatable bonds is 5. The van der Waals surface area contributed by atoms with Crippen LogP contribution in [0.1, 0.15) is 24.1 Å². The van der Waals surface area contributed by atoms with E-state index in [-0.39, 0.29) is 28.1 Å². The summed E-state index contributed by atoms with van der Waals surface area (Å²) in [6.07, 6.45) is 4.78. The highest BCUT2D eigenvalue weighted by molar-refractivity contribution is 5.93. The number of non-ortho nitro benzene ring substituents is 1. The molecule has 0 bridgehead atoms. The van der Waals surface area contributed by atoms with E-state index in [2.05, 4.69) is 10.3 Å². The Balaban J connectivity index is 2.15. The first-order valence-electron chi connectivity index (χ1n) is 8.20. The molecule has 0 aliphatic rings. The summed E-state index contributed by atoms with van der Waals surface area (Å²) in [5.74, 6) is -0.812. The summed E-state index contributed by atoms with van der Waals surface area (Å²) in [6.45, 7) is 1.32. The Morgan fingerprint density at radius 2 is 1.96 bits per heavy atom. The van der Waals surface area contributed by atoms with Gasteiger partial charge in [-0.25, -0.2) is 0 Å². The van der Waals surface area contributed by atoms with Crippen LogP contribution in [0.15, 0.2) is 60.8 Å². The maximum absolute atomic E-state index is 12.9. The molecule has 27 heavy (non-hydrogen) atoms. The third-order valence-corrected chi connectivity index (χ3v) is 4.02. The van der Waals surface area contributed by atoms with Crippen molar-refractivity contribution in [2.24, 2.45) is 0 Å². The first-order chi connectivity index (χ1) is 13.0. The van der Waals surface area contributed by atoms with E-state index in [0.29, 0.717) is 0 Å². The van der Waals surface area contributed by atoms with Crippen LogP contribution in [0, 0.1) is 10.1 Å². The molecule has 2 aromatic carbocycles. The van der Waals surface area contributed by atoms with Crippen molar-refractivity contribution in [1.29, 1.82) is 0 Å². The van der Waals surface area contributed by atoms with E-state index in [0.717, 1.165) is 5.56 Å². The maximum Gasteiger partial charge on any atom is 0.279 e. The summed E-state index contributed by atoms with van der Waals surface area (Å²) in [5, 5.41) is 27.2. The fraction of sp³-hybridized carbons (Fsp3) is 0.100. The normalized spacial score (nSPS) is 12.2. The molecule has 1 amide bonds. The van der Waals surface area contributed by atoms with Crippen LogP contribution in [-0.4, -0.2) is 15.8 Å². The lowest BCUT2D eigenvalue weighted by atomic mass is 10.00. The van der Waals surface area contributed by atoms with Gasteiger partial charge in [-0.1, -0.05) is 48.2 Å².